The maximum atomic E-state index is 12.7. The van der Waals surface area contributed by atoms with Gasteiger partial charge >= 0.3 is 11.9 Å². The van der Waals surface area contributed by atoms with Crippen LogP contribution in [-0.4, -0.2) is 22.6 Å². The molecule has 1 N–H and O–H groups in total. The topological polar surface area (TPSA) is 63.6 Å². The molecule has 0 saturated heterocycles. The molecule has 6 rings (SSSR count). The van der Waals surface area contributed by atoms with Crippen LogP contribution in [0.4, 0.5) is 0 Å². The first kappa shape index (κ1) is 34.3. The van der Waals surface area contributed by atoms with E-state index in [1.54, 1.807) is 0 Å². The highest BCUT2D eigenvalue weighted by Gasteiger charge is 2.70. The number of ether oxygens (including phenoxy) is 1. The molecule has 0 radical (unpaired) electrons. The number of carbonyl (C=O) groups excluding carboxylic acids is 1. The third-order valence-corrected chi connectivity index (χ3v) is 15.1. The van der Waals surface area contributed by atoms with E-state index in [4.69, 9.17) is 4.74 Å². The molecular formula is C43H60O4. The number of carboxylic acids is 1. The first-order chi connectivity index (χ1) is 21.8. The number of hydrogen-bond donors (Lipinski definition) is 1. The molecule has 5 aliphatic carbocycles. The summed E-state index contributed by atoms with van der Waals surface area (Å²) in [5.41, 5.74) is 4.69. The molecule has 4 heteroatoms. The van der Waals surface area contributed by atoms with Gasteiger partial charge in [0.25, 0.3) is 0 Å². The molecule has 47 heavy (non-hydrogen) atoms. The number of carboxylic acid groups (broad SMARTS) is 1. The largest absolute Gasteiger partial charge is 0.478 e. The van der Waals surface area contributed by atoms with E-state index in [0.29, 0.717) is 35.2 Å². The van der Waals surface area contributed by atoms with Crippen LogP contribution in [0.25, 0.3) is 5.57 Å². The third kappa shape index (κ3) is 5.21. The molecule has 256 valence electrons. The highest BCUT2D eigenvalue weighted by molar-refractivity contribution is 5.90. The van der Waals surface area contributed by atoms with E-state index in [-0.39, 0.29) is 33.0 Å². The molecule has 4 unspecified atom stereocenters. The predicted octanol–water partition coefficient (Wildman–Crippen LogP) is 10.9. The molecule has 1 aromatic rings. The Hall–Kier alpha value is -2.62. The predicted molar refractivity (Wildman–Crippen MR) is 191 cm³/mol. The van der Waals surface area contributed by atoms with Crippen LogP contribution >= 0.6 is 0 Å². The van der Waals surface area contributed by atoms with Crippen molar-refractivity contribution in [3.8, 4) is 0 Å². The number of rotatable bonds is 5. The SMILES string of the molecule is C=C(C)[C@@H]1CC[C@]2(/C=C/C(=O)O)CCC3(C)[C@H](CC[C@@H]4C5(C)CC=C(c6ccc(C(=O)OC(C)(C)C)cc6)C(C)(C)C5CCC43C)[C@@H]12. The molecule has 0 aliphatic heterocycles. The van der Waals surface area contributed by atoms with Gasteiger partial charge in [-0.1, -0.05) is 71.1 Å². The summed E-state index contributed by atoms with van der Waals surface area (Å²) in [6.45, 7) is 25.3. The van der Waals surface area contributed by atoms with E-state index in [1.165, 1.54) is 54.9 Å². The van der Waals surface area contributed by atoms with Gasteiger partial charge in [-0.2, -0.15) is 0 Å². The molecule has 4 fully saturated rings. The van der Waals surface area contributed by atoms with E-state index in [0.717, 1.165) is 25.7 Å². The van der Waals surface area contributed by atoms with Crippen molar-refractivity contribution in [1.82, 2.24) is 0 Å². The van der Waals surface area contributed by atoms with Gasteiger partial charge in [0.2, 0.25) is 0 Å². The monoisotopic (exact) mass is 640 g/mol. The van der Waals surface area contributed by atoms with E-state index in [1.807, 2.05) is 32.9 Å². The molecule has 9 atom stereocenters. The minimum absolute atomic E-state index is 0.0133. The van der Waals surface area contributed by atoms with Gasteiger partial charge in [0, 0.05) is 6.08 Å². The fourth-order valence-corrected chi connectivity index (χ4v) is 12.9. The number of esters is 1. The Morgan fingerprint density at radius 3 is 2.19 bits per heavy atom. The third-order valence-electron chi connectivity index (χ3n) is 15.1. The van der Waals surface area contributed by atoms with Crippen molar-refractivity contribution >= 4 is 17.5 Å². The van der Waals surface area contributed by atoms with E-state index < -0.39 is 11.6 Å². The van der Waals surface area contributed by atoms with Gasteiger partial charge in [-0.15, -0.1) is 0 Å². The minimum atomic E-state index is -0.821. The van der Waals surface area contributed by atoms with Gasteiger partial charge in [-0.05, 0) is 165 Å². The number of hydrogen-bond acceptors (Lipinski definition) is 3. The first-order valence-electron chi connectivity index (χ1n) is 18.4. The quantitative estimate of drug-likeness (QED) is 0.198. The highest BCUT2D eigenvalue weighted by Crippen LogP contribution is 2.77. The summed E-state index contributed by atoms with van der Waals surface area (Å²) in [7, 11) is 0. The second kappa shape index (κ2) is 11.2. The van der Waals surface area contributed by atoms with E-state index >= 15 is 0 Å². The fraction of sp³-hybridized carbons (Fsp3) is 0.674. The Morgan fingerprint density at radius 1 is 0.894 bits per heavy atom. The summed E-state index contributed by atoms with van der Waals surface area (Å²) in [4.78, 5) is 24.4. The number of fused-ring (bicyclic) bond motifs is 7. The lowest BCUT2D eigenvalue weighted by molar-refractivity contribution is -0.221. The molecule has 0 bridgehead atoms. The van der Waals surface area contributed by atoms with Crippen LogP contribution in [0, 0.1) is 56.7 Å². The molecule has 5 aliphatic rings. The van der Waals surface area contributed by atoms with Crippen molar-refractivity contribution in [2.24, 2.45) is 56.7 Å². The highest BCUT2D eigenvalue weighted by atomic mass is 16.6. The first-order valence-corrected chi connectivity index (χ1v) is 18.4. The van der Waals surface area contributed by atoms with E-state index in [9.17, 15) is 14.7 Å². The lowest BCUT2D eigenvalue weighted by Crippen LogP contribution is -2.65. The van der Waals surface area contributed by atoms with Crippen LogP contribution < -0.4 is 0 Å². The van der Waals surface area contributed by atoms with Crippen molar-refractivity contribution < 1.29 is 19.4 Å². The maximum absolute atomic E-state index is 12.7. The summed E-state index contributed by atoms with van der Waals surface area (Å²) < 4.78 is 5.62. The average Bonchev–Trinajstić information content (AvgIpc) is 3.36. The summed E-state index contributed by atoms with van der Waals surface area (Å²) in [6, 6.07) is 8.12. The molecule has 0 aromatic heterocycles. The zero-order chi connectivity index (χ0) is 34.4. The number of aliphatic carboxylic acids is 1. The smallest absolute Gasteiger partial charge is 0.338 e. The van der Waals surface area contributed by atoms with Gasteiger partial charge in [0.1, 0.15) is 5.60 Å². The van der Waals surface area contributed by atoms with Gasteiger partial charge < -0.3 is 9.84 Å². The van der Waals surface area contributed by atoms with Crippen molar-refractivity contribution in [2.75, 3.05) is 0 Å². The Balaban J connectivity index is 1.31. The zero-order valence-electron chi connectivity index (χ0n) is 30.7. The molecule has 0 heterocycles. The van der Waals surface area contributed by atoms with Gasteiger partial charge in [0.05, 0.1) is 5.56 Å². The number of allylic oxidation sites excluding steroid dienone is 4. The van der Waals surface area contributed by atoms with Crippen LogP contribution in [0.3, 0.4) is 0 Å². The molecule has 4 nitrogen and oxygen atoms in total. The Labute approximate surface area is 284 Å². The van der Waals surface area contributed by atoms with E-state index in [2.05, 4.69) is 72.4 Å². The van der Waals surface area contributed by atoms with Crippen LogP contribution in [0.5, 0.6) is 0 Å². The second-order valence-corrected chi connectivity index (χ2v) is 18.7. The van der Waals surface area contributed by atoms with Gasteiger partial charge in [0.15, 0.2) is 0 Å². The molecule has 0 spiro atoms. The van der Waals surface area contributed by atoms with Crippen LogP contribution in [0.2, 0.25) is 0 Å². The van der Waals surface area contributed by atoms with Crippen LogP contribution in [0.1, 0.15) is 136 Å². The Morgan fingerprint density at radius 2 is 1.57 bits per heavy atom. The summed E-state index contributed by atoms with van der Waals surface area (Å²) in [5.74, 6) is 1.68. The van der Waals surface area contributed by atoms with Crippen LogP contribution in [-0.2, 0) is 9.53 Å². The van der Waals surface area contributed by atoms with Crippen molar-refractivity contribution in [3.05, 3.63) is 65.8 Å². The Kier molecular flexibility index (Phi) is 8.17. The summed E-state index contributed by atoms with van der Waals surface area (Å²) in [6.07, 6.45) is 16.7. The standard InChI is InChI=1S/C43H60O4/c1-27(2)30-17-23-43(24-20-35(44)45)26-25-41(9)32(36(30)43)15-16-34-40(8)21-18-31(39(6,7)33(40)19-22-42(34,41)10)28-11-13-29(14-12-28)37(46)47-38(3,4)5/h11-14,18,20,24,30,32-34,36H,1,15-17,19,21-23,25-26H2,2-10H3,(H,44,45)/b24-20+/t30-,32+,33?,34+,36+,40?,41?,42?,43-/m0/s1. The molecule has 1 aromatic carbocycles. The summed E-state index contributed by atoms with van der Waals surface area (Å²) >= 11 is 0. The molecular weight excluding hydrogens is 580 g/mol. The van der Waals surface area contributed by atoms with Crippen molar-refractivity contribution in [3.63, 3.8) is 0 Å². The normalized spacial score (nSPS) is 40.8. The maximum Gasteiger partial charge on any atom is 0.338 e. The minimum Gasteiger partial charge on any atom is -0.478 e. The second-order valence-electron chi connectivity index (χ2n) is 18.7. The van der Waals surface area contributed by atoms with Gasteiger partial charge in [-0.3, -0.25) is 0 Å². The van der Waals surface area contributed by atoms with Crippen LogP contribution in [0.15, 0.2) is 54.6 Å². The number of carbonyl (C=O) groups is 2. The lowest BCUT2D eigenvalue weighted by Gasteiger charge is -2.72. The number of benzene rings is 1. The zero-order valence-corrected chi connectivity index (χ0v) is 30.7. The molecule has 4 saturated carbocycles. The van der Waals surface area contributed by atoms with Crippen molar-refractivity contribution in [1.29, 1.82) is 0 Å². The fourth-order valence-electron chi connectivity index (χ4n) is 12.9. The lowest BCUT2D eigenvalue weighted by atomic mass is 9.32. The summed E-state index contributed by atoms with van der Waals surface area (Å²) in [5, 5.41) is 9.63. The van der Waals surface area contributed by atoms with Gasteiger partial charge in [-0.25, -0.2) is 9.59 Å². The Bertz CT molecular complexity index is 1500. The molecule has 0 amide bonds. The van der Waals surface area contributed by atoms with Crippen molar-refractivity contribution in [2.45, 2.75) is 126 Å². The average molecular weight is 641 g/mol.